The number of benzene rings is 2. The van der Waals surface area contributed by atoms with Gasteiger partial charge in [-0.05, 0) is 64.2 Å². The van der Waals surface area contributed by atoms with E-state index in [4.69, 9.17) is 37.4 Å². The number of ether oxygens (including phenoxy) is 3. The van der Waals surface area contributed by atoms with Gasteiger partial charge in [0.15, 0.2) is 0 Å². The second-order valence-electron chi connectivity index (χ2n) is 10.9. The molecule has 6 nitrogen and oxygen atoms in total. The third-order valence-electron chi connectivity index (χ3n) is 8.95. The summed E-state index contributed by atoms with van der Waals surface area (Å²) in [7, 11) is 0. The van der Waals surface area contributed by atoms with Gasteiger partial charge in [0.1, 0.15) is 40.4 Å². The summed E-state index contributed by atoms with van der Waals surface area (Å²) in [6.45, 7) is 3.66. The van der Waals surface area contributed by atoms with Crippen LogP contribution >= 0.6 is 23.2 Å². The highest BCUT2D eigenvalue weighted by Gasteiger charge is 2.60. The predicted molar refractivity (Wildman–Crippen MR) is 146 cm³/mol. The van der Waals surface area contributed by atoms with Crippen LogP contribution in [0.3, 0.4) is 0 Å². The topological polar surface area (TPSA) is 82.1 Å². The molecule has 8 heteroatoms. The standard InChI is InChI=1S/C30H34Cl2O6/c1-18-22(36-25(33)16-31)11-9-20(27(18)35)30-15-7-4-8-24(30)29(13-5-3-6-14-29)21-10-12-23(37-26(34)17-32)19(2)28(21)38-30/h9-12,24,35H,3-8,13-17H2,1-2H3. The molecule has 2 aromatic rings. The number of alkyl halides is 2. The molecule has 2 aromatic carbocycles. The van der Waals surface area contributed by atoms with Gasteiger partial charge in [0, 0.05) is 33.6 Å². The number of phenolic OH excluding ortho intramolecular Hbond substituents is 1. The van der Waals surface area contributed by atoms with Crippen LogP contribution in [0.15, 0.2) is 24.3 Å². The summed E-state index contributed by atoms with van der Waals surface area (Å²) in [5.74, 6) is 0.104. The number of aromatic hydroxyl groups is 1. The molecular weight excluding hydrogens is 527 g/mol. The second-order valence-corrected chi connectivity index (χ2v) is 11.4. The summed E-state index contributed by atoms with van der Waals surface area (Å²) >= 11 is 11.4. The first-order valence-electron chi connectivity index (χ1n) is 13.5. The highest BCUT2D eigenvalue weighted by atomic mass is 35.5. The predicted octanol–water partition coefficient (Wildman–Crippen LogP) is 6.98. The molecule has 2 atom stereocenters. The molecule has 0 aromatic heterocycles. The van der Waals surface area contributed by atoms with E-state index in [0.717, 1.165) is 62.7 Å². The average molecular weight is 562 g/mol. The van der Waals surface area contributed by atoms with Crippen molar-refractivity contribution in [3.8, 4) is 23.0 Å². The molecule has 38 heavy (non-hydrogen) atoms. The van der Waals surface area contributed by atoms with Crippen molar-refractivity contribution in [2.45, 2.75) is 82.7 Å². The van der Waals surface area contributed by atoms with Gasteiger partial charge in [-0.25, -0.2) is 0 Å². The zero-order valence-electron chi connectivity index (χ0n) is 21.9. The molecule has 3 aliphatic rings. The number of carbonyl (C=O) groups excluding carboxylic acids is 2. The van der Waals surface area contributed by atoms with Gasteiger partial charge in [-0.1, -0.05) is 31.7 Å². The Morgan fingerprint density at radius 3 is 2.08 bits per heavy atom. The minimum Gasteiger partial charge on any atom is -0.507 e. The summed E-state index contributed by atoms with van der Waals surface area (Å²) in [6, 6.07) is 7.51. The largest absolute Gasteiger partial charge is 0.507 e. The molecule has 5 rings (SSSR count). The van der Waals surface area contributed by atoms with Gasteiger partial charge in [0.05, 0.1) is 0 Å². The Morgan fingerprint density at radius 2 is 1.45 bits per heavy atom. The second kappa shape index (κ2) is 10.6. The van der Waals surface area contributed by atoms with Crippen LogP contribution in [-0.4, -0.2) is 28.8 Å². The smallest absolute Gasteiger partial charge is 0.326 e. The van der Waals surface area contributed by atoms with Crippen molar-refractivity contribution in [2.75, 3.05) is 11.8 Å². The summed E-state index contributed by atoms with van der Waals surface area (Å²) in [4.78, 5) is 23.9. The molecule has 204 valence electrons. The van der Waals surface area contributed by atoms with E-state index in [1.54, 1.807) is 13.0 Å². The van der Waals surface area contributed by atoms with Crippen molar-refractivity contribution in [3.63, 3.8) is 0 Å². The SMILES string of the molecule is Cc1c(OC(=O)CCl)ccc(C23CCCCC2C2(CCCCC2)c2ccc(OC(=O)CCl)c(C)c2O3)c1O. The number of carbonyl (C=O) groups is 2. The van der Waals surface area contributed by atoms with Gasteiger partial charge in [-0.2, -0.15) is 0 Å². The van der Waals surface area contributed by atoms with E-state index in [0.29, 0.717) is 16.9 Å². The van der Waals surface area contributed by atoms with E-state index in [2.05, 4.69) is 6.07 Å². The zero-order valence-corrected chi connectivity index (χ0v) is 23.4. The van der Waals surface area contributed by atoms with Crippen molar-refractivity contribution in [3.05, 3.63) is 46.5 Å². The van der Waals surface area contributed by atoms with Crippen molar-refractivity contribution >= 4 is 35.1 Å². The van der Waals surface area contributed by atoms with Crippen LogP contribution in [-0.2, 0) is 20.6 Å². The maximum Gasteiger partial charge on any atom is 0.326 e. The Balaban J connectivity index is 1.70. The van der Waals surface area contributed by atoms with Gasteiger partial charge in [0.2, 0.25) is 0 Å². The fraction of sp³-hybridized carbons (Fsp3) is 0.533. The zero-order chi connectivity index (χ0) is 27.1. The lowest BCUT2D eigenvalue weighted by Gasteiger charge is -2.59. The number of fused-ring (bicyclic) bond motifs is 4. The molecule has 2 unspecified atom stereocenters. The van der Waals surface area contributed by atoms with Crippen LogP contribution in [0.4, 0.5) is 0 Å². The van der Waals surface area contributed by atoms with Crippen molar-refractivity contribution < 1.29 is 28.9 Å². The number of phenols is 1. The highest BCUT2D eigenvalue weighted by Crippen LogP contribution is 2.65. The Morgan fingerprint density at radius 1 is 0.868 bits per heavy atom. The molecular formula is C30H34Cl2O6. The van der Waals surface area contributed by atoms with Crippen LogP contribution in [0.25, 0.3) is 0 Å². The van der Waals surface area contributed by atoms with Gasteiger partial charge in [-0.15, -0.1) is 23.2 Å². The van der Waals surface area contributed by atoms with E-state index >= 15 is 0 Å². The number of hydrogen-bond acceptors (Lipinski definition) is 6. The van der Waals surface area contributed by atoms with Gasteiger partial charge < -0.3 is 19.3 Å². The molecule has 2 saturated carbocycles. The Bertz CT molecular complexity index is 1250. The Hall–Kier alpha value is -2.44. The lowest BCUT2D eigenvalue weighted by Crippen LogP contribution is -2.57. The average Bonchev–Trinajstić information content (AvgIpc) is 2.93. The molecule has 0 amide bonds. The quantitative estimate of drug-likeness (QED) is 0.241. The number of esters is 2. The molecule has 2 aliphatic carbocycles. The first-order chi connectivity index (χ1) is 18.3. The van der Waals surface area contributed by atoms with Gasteiger partial charge >= 0.3 is 11.9 Å². The molecule has 2 fully saturated rings. The van der Waals surface area contributed by atoms with Crippen LogP contribution in [0.2, 0.25) is 0 Å². The van der Waals surface area contributed by atoms with Crippen molar-refractivity contribution in [2.24, 2.45) is 5.92 Å². The maximum absolute atomic E-state index is 12.0. The number of hydrogen-bond donors (Lipinski definition) is 1. The van der Waals surface area contributed by atoms with Crippen molar-refractivity contribution in [1.82, 2.24) is 0 Å². The highest BCUT2D eigenvalue weighted by molar-refractivity contribution is 6.26. The lowest BCUT2D eigenvalue weighted by atomic mass is 9.51. The lowest BCUT2D eigenvalue weighted by molar-refractivity contribution is -0.132. The summed E-state index contributed by atoms with van der Waals surface area (Å²) in [6.07, 6.45) is 9.35. The molecule has 0 bridgehead atoms. The van der Waals surface area contributed by atoms with Gasteiger partial charge in [-0.3, -0.25) is 9.59 Å². The molecule has 1 aliphatic heterocycles. The fourth-order valence-corrected chi connectivity index (χ4v) is 7.39. The van der Waals surface area contributed by atoms with Crippen LogP contribution in [0.1, 0.15) is 80.0 Å². The number of rotatable bonds is 5. The fourth-order valence-electron chi connectivity index (χ4n) is 7.28. The normalized spacial score (nSPS) is 23.6. The molecule has 1 spiro atoms. The van der Waals surface area contributed by atoms with Crippen LogP contribution in [0, 0.1) is 19.8 Å². The van der Waals surface area contributed by atoms with E-state index in [9.17, 15) is 14.7 Å². The minimum absolute atomic E-state index is 0.0774. The van der Waals surface area contributed by atoms with E-state index in [1.165, 1.54) is 12.0 Å². The monoisotopic (exact) mass is 560 g/mol. The van der Waals surface area contributed by atoms with E-state index < -0.39 is 17.5 Å². The summed E-state index contributed by atoms with van der Waals surface area (Å²) in [5.41, 5.74) is 2.24. The minimum atomic E-state index is -0.771. The van der Waals surface area contributed by atoms with Gasteiger partial charge in [0.25, 0.3) is 0 Å². The van der Waals surface area contributed by atoms with Crippen LogP contribution < -0.4 is 14.2 Å². The molecule has 1 heterocycles. The first-order valence-corrected chi connectivity index (χ1v) is 14.5. The number of halogens is 2. The molecule has 0 radical (unpaired) electrons. The summed E-state index contributed by atoms with van der Waals surface area (Å²) < 4.78 is 18.0. The Kier molecular flexibility index (Phi) is 7.58. The van der Waals surface area contributed by atoms with Crippen molar-refractivity contribution in [1.29, 1.82) is 0 Å². The molecule has 0 saturated heterocycles. The third-order valence-corrected chi connectivity index (χ3v) is 9.38. The Labute approximate surface area is 233 Å². The van der Waals surface area contributed by atoms with E-state index in [-0.39, 0.29) is 34.6 Å². The molecule has 1 N–H and O–H groups in total. The van der Waals surface area contributed by atoms with E-state index in [1.807, 2.05) is 19.1 Å². The first kappa shape index (κ1) is 27.1. The van der Waals surface area contributed by atoms with Crippen LogP contribution in [0.5, 0.6) is 23.0 Å². The third kappa shape index (κ3) is 4.34. The maximum atomic E-state index is 12.0. The summed E-state index contributed by atoms with van der Waals surface area (Å²) in [5, 5.41) is 11.6.